The second-order valence-electron chi connectivity index (χ2n) is 7.01. The first kappa shape index (κ1) is 22.7. The Balaban J connectivity index is 0.00000529. The molecule has 24 heavy (non-hydrogen) atoms. The van der Waals surface area contributed by atoms with Gasteiger partial charge in [-0.25, -0.2) is 0 Å². The van der Waals surface area contributed by atoms with E-state index >= 15 is 0 Å². The van der Waals surface area contributed by atoms with Crippen molar-refractivity contribution in [1.82, 2.24) is 15.5 Å². The van der Waals surface area contributed by atoms with Gasteiger partial charge in [0.05, 0.1) is 5.92 Å². The van der Waals surface area contributed by atoms with Crippen LogP contribution in [0.1, 0.15) is 40.0 Å². The molecular weight excluding hydrogens is 332 g/mol. The first-order valence-electron chi connectivity index (χ1n) is 8.29. The van der Waals surface area contributed by atoms with Gasteiger partial charge in [-0.15, -0.1) is 12.4 Å². The molecule has 1 fully saturated rings. The van der Waals surface area contributed by atoms with E-state index in [1.54, 1.807) is 4.90 Å². The molecule has 0 aliphatic carbocycles. The Kier molecular flexibility index (Phi) is 9.92. The molecule has 1 aliphatic rings. The minimum Gasteiger partial charge on any atom is -0.355 e. The van der Waals surface area contributed by atoms with E-state index < -0.39 is 5.41 Å². The molecule has 1 saturated heterocycles. The van der Waals surface area contributed by atoms with Crippen LogP contribution in [0.3, 0.4) is 0 Å². The van der Waals surface area contributed by atoms with Crippen molar-refractivity contribution in [2.75, 3.05) is 32.7 Å². The summed E-state index contributed by atoms with van der Waals surface area (Å²) in [4.78, 5) is 37.7. The van der Waals surface area contributed by atoms with Crippen LogP contribution in [0.15, 0.2) is 0 Å². The zero-order valence-electron chi connectivity index (χ0n) is 14.9. The molecule has 7 nitrogen and oxygen atoms in total. The van der Waals surface area contributed by atoms with Crippen LogP contribution in [0, 0.1) is 11.3 Å². The number of rotatable bonds is 6. The molecular formula is C16H31ClN4O3. The standard InChI is InChI=1S/C16H30N4O3.ClH/c1-16(2,3)15(23)19-8-6-13(21)20-10-4-5-12(11-20)14(22)18-9-7-17;/h12H,4-11,17H2,1-3H3,(H,18,22)(H,19,23);1H. The first-order chi connectivity index (χ1) is 10.8. The minimum atomic E-state index is -0.458. The molecule has 1 rings (SSSR count). The van der Waals surface area contributed by atoms with Crippen molar-refractivity contribution >= 4 is 30.1 Å². The number of carbonyl (C=O) groups excluding carboxylic acids is 3. The number of hydrogen-bond acceptors (Lipinski definition) is 4. The summed E-state index contributed by atoms with van der Waals surface area (Å²) in [5, 5.41) is 5.55. The van der Waals surface area contributed by atoms with E-state index in [-0.39, 0.29) is 42.5 Å². The maximum atomic E-state index is 12.2. The Morgan fingerprint density at radius 2 is 1.83 bits per heavy atom. The van der Waals surface area contributed by atoms with Crippen LogP contribution in [0.25, 0.3) is 0 Å². The largest absolute Gasteiger partial charge is 0.355 e. The summed E-state index contributed by atoms with van der Waals surface area (Å²) < 4.78 is 0. The first-order valence-corrected chi connectivity index (χ1v) is 8.29. The van der Waals surface area contributed by atoms with Crippen molar-refractivity contribution in [3.63, 3.8) is 0 Å². The Labute approximate surface area is 150 Å². The minimum absolute atomic E-state index is 0. The van der Waals surface area contributed by atoms with Gasteiger partial charge in [0, 0.05) is 44.6 Å². The van der Waals surface area contributed by atoms with Crippen molar-refractivity contribution in [2.24, 2.45) is 17.1 Å². The lowest BCUT2D eigenvalue weighted by atomic mass is 9.95. The highest BCUT2D eigenvalue weighted by Gasteiger charge is 2.28. The summed E-state index contributed by atoms with van der Waals surface area (Å²) in [6, 6.07) is 0. The summed E-state index contributed by atoms with van der Waals surface area (Å²) in [6.07, 6.45) is 1.88. The normalized spacial score (nSPS) is 17.7. The third-order valence-corrected chi connectivity index (χ3v) is 3.89. The average molecular weight is 363 g/mol. The van der Waals surface area contributed by atoms with Gasteiger partial charge >= 0.3 is 0 Å². The highest BCUT2D eigenvalue weighted by atomic mass is 35.5. The predicted molar refractivity (Wildman–Crippen MR) is 95.7 cm³/mol. The van der Waals surface area contributed by atoms with Crippen molar-refractivity contribution in [3.05, 3.63) is 0 Å². The summed E-state index contributed by atoms with van der Waals surface area (Å²) >= 11 is 0. The predicted octanol–water partition coefficient (Wildman–Crippen LogP) is 0.274. The van der Waals surface area contributed by atoms with Gasteiger partial charge in [0.15, 0.2) is 0 Å². The second-order valence-corrected chi connectivity index (χ2v) is 7.01. The third-order valence-electron chi connectivity index (χ3n) is 3.89. The zero-order chi connectivity index (χ0) is 17.5. The van der Waals surface area contributed by atoms with Crippen LogP contribution in [0.5, 0.6) is 0 Å². The topological polar surface area (TPSA) is 105 Å². The molecule has 3 amide bonds. The second kappa shape index (κ2) is 10.5. The Bertz CT molecular complexity index is 438. The van der Waals surface area contributed by atoms with Crippen LogP contribution < -0.4 is 16.4 Å². The average Bonchev–Trinajstić information content (AvgIpc) is 2.51. The Hall–Kier alpha value is -1.34. The zero-order valence-corrected chi connectivity index (χ0v) is 15.7. The maximum Gasteiger partial charge on any atom is 0.225 e. The fraction of sp³-hybridized carbons (Fsp3) is 0.812. The van der Waals surface area contributed by atoms with E-state index in [9.17, 15) is 14.4 Å². The molecule has 0 spiro atoms. The number of nitrogens with zero attached hydrogens (tertiary/aromatic N) is 1. The van der Waals surface area contributed by atoms with E-state index in [4.69, 9.17) is 5.73 Å². The van der Waals surface area contributed by atoms with Gasteiger partial charge in [0.2, 0.25) is 17.7 Å². The quantitative estimate of drug-likeness (QED) is 0.631. The van der Waals surface area contributed by atoms with Crippen LogP contribution in [0.2, 0.25) is 0 Å². The number of nitrogens with one attached hydrogen (secondary N) is 2. The number of halogens is 1. The van der Waals surface area contributed by atoms with Gasteiger partial charge in [-0.2, -0.15) is 0 Å². The van der Waals surface area contributed by atoms with Crippen molar-refractivity contribution in [2.45, 2.75) is 40.0 Å². The molecule has 1 heterocycles. The van der Waals surface area contributed by atoms with E-state index in [2.05, 4.69) is 10.6 Å². The smallest absolute Gasteiger partial charge is 0.225 e. The molecule has 1 unspecified atom stereocenters. The van der Waals surface area contributed by atoms with Crippen molar-refractivity contribution in [3.8, 4) is 0 Å². The lowest BCUT2D eigenvalue weighted by Gasteiger charge is -2.32. The number of carbonyl (C=O) groups is 3. The molecule has 8 heteroatoms. The number of hydrogen-bond donors (Lipinski definition) is 3. The van der Waals surface area contributed by atoms with Gasteiger partial charge in [0.25, 0.3) is 0 Å². The Morgan fingerprint density at radius 1 is 1.17 bits per heavy atom. The van der Waals surface area contributed by atoms with Crippen LogP contribution in [-0.4, -0.2) is 55.3 Å². The van der Waals surface area contributed by atoms with E-state index in [0.29, 0.717) is 32.7 Å². The molecule has 0 bridgehead atoms. The molecule has 1 aliphatic heterocycles. The molecule has 0 aromatic carbocycles. The fourth-order valence-corrected chi connectivity index (χ4v) is 2.46. The maximum absolute atomic E-state index is 12.2. The molecule has 0 aromatic heterocycles. The van der Waals surface area contributed by atoms with Gasteiger partial charge in [-0.3, -0.25) is 14.4 Å². The highest BCUT2D eigenvalue weighted by molar-refractivity contribution is 5.85. The third kappa shape index (κ3) is 7.49. The molecule has 0 radical (unpaired) electrons. The molecule has 4 N–H and O–H groups in total. The molecule has 1 atom stereocenters. The highest BCUT2D eigenvalue weighted by Crippen LogP contribution is 2.17. The number of piperidine rings is 1. The van der Waals surface area contributed by atoms with Gasteiger partial charge in [-0.05, 0) is 12.8 Å². The van der Waals surface area contributed by atoms with Gasteiger partial charge < -0.3 is 21.3 Å². The summed E-state index contributed by atoms with van der Waals surface area (Å²) in [5.74, 6) is -0.282. The van der Waals surface area contributed by atoms with Gasteiger partial charge in [-0.1, -0.05) is 20.8 Å². The monoisotopic (exact) mass is 362 g/mol. The summed E-state index contributed by atoms with van der Waals surface area (Å²) in [6.45, 7) is 7.82. The van der Waals surface area contributed by atoms with Crippen molar-refractivity contribution < 1.29 is 14.4 Å². The van der Waals surface area contributed by atoms with Crippen LogP contribution in [0.4, 0.5) is 0 Å². The van der Waals surface area contributed by atoms with E-state index in [0.717, 1.165) is 12.8 Å². The SMILES string of the molecule is CC(C)(C)C(=O)NCCC(=O)N1CCCC(C(=O)NCCN)C1.Cl. The lowest BCUT2D eigenvalue weighted by Crippen LogP contribution is -2.47. The number of nitrogens with two attached hydrogens (primary N) is 1. The van der Waals surface area contributed by atoms with E-state index in [1.807, 2.05) is 20.8 Å². The fourth-order valence-electron chi connectivity index (χ4n) is 2.46. The summed E-state index contributed by atoms with van der Waals surface area (Å²) in [7, 11) is 0. The van der Waals surface area contributed by atoms with Crippen LogP contribution >= 0.6 is 12.4 Å². The molecule has 0 saturated carbocycles. The Morgan fingerprint density at radius 3 is 2.42 bits per heavy atom. The van der Waals surface area contributed by atoms with E-state index in [1.165, 1.54) is 0 Å². The van der Waals surface area contributed by atoms with Crippen molar-refractivity contribution in [1.29, 1.82) is 0 Å². The number of likely N-dealkylation sites (tertiary alicyclic amines) is 1. The lowest BCUT2D eigenvalue weighted by molar-refractivity contribution is -0.135. The molecule has 140 valence electrons. The van der Waals surface area contributed by atoms with Gasteiger partial charge in [0.1, 0.15) is 0 Å². The molecule has 0 aromatic rings. The van der Waals surface area contributed by atoms with Crippen LogP contribution in [-0.2, 0) is 14.4 Å². The summed E-state index contributed by atoms with van der Waals surface area (Å²) in [5.41, 5.74) is 4.92. The number of amides is 3.